The summed E-state index contributed by atoms with van der Waals surface area (Å²) < 4.78 is 2.20. The van der Waals surface area contributed by atoms with Crippen LogP contribution in [0.25, 0.3) is 0 Å². The van der Waals surface area contributed by atoms with Crippen LogP contribution in [0.5, 0.6) is 0 Å². The molecule has 6 heteroatoms. The number of nitrogens with zero attached hydrogens (tertiary/aromatic N) is 3. The van der Waals surface area contributed by atoms with E-state index in [2.05, 4.69) is 39.0 Å². The van der Waals surface area contributed by atoms with Gasteiger partial charge in [-0.05, 0) is 38.5 Å². The number of aliphatic imine (C=N–C) groups is 1. The molecule has 1 aromatic rings. The van der Waals surface area contributed by atoms with Crippen molar-refractivity contribution in [1.82, 2.24) is 20.2 Å². The zero-order chi connectivity index (χ0) is 15.8. The Bertz CT molecular complexity index is 471. The minimum absolute atomic E-state index is 0. The lowest BCUT2D eigenvalue weighted by atomic mass is 9.87. The first-order chi connectivity index (χ1) is 10.7. The van der Waals surface area contributed by atoms with E-state index in [1.54, 1.807) is 0 Å². The first-order valence-corrected chi connectivity index (χ1v) is 8.64. The van der Waals surface area contributed by atoms with E-state index in [1.165, 1.54) is 25.7 Å². The summed E-state index contributed by atoms with van der Waals surface area (Å²) >= 11 is 0. The number of unbranched alkanes of at least 4 members (excludes halogenated alkanes) is 1. The SMILES string of the molecule is CN=C(NCCCCn1ccnc1C)NC1CCCC(C)C1.I. The summed E-state index contributed by atoms with van der Waals surface area (Å²) in [5.74, 6) is 2.89. The number of halogens is 1. The van der Waals surface area contributed by atoms with Crippen LogP contribution in [0.3, 0.4) is 0 Å². The number of imidazole rings is 1. The van der Waals surface area contributed by atoms with E-state index in [1.807, 2.05) is 19.4 Å². The minimum atomic E-state index is 0. The van der Waals surface area contributed by atoms with Gasteiger partial charge in [-0.15, -0.1) is 24.0 Å². The van der Waals surface area contributed by atoms with Gasteiger partial charge >= 0.3 is 0 Å². The molecule has 132 valence electrons. The van der Waals surface area contributed by atoms with Crippen molar-refractivity contribution in [2.75, 3.05) is 13.6 Å². The molecule has 5 nitrogen and oxygen atoms in total. The highest BCUT2D eigenvalue weighted by Crippen LogP contribution is 2.23. The fourth-order valence-corrected chi connectivity index (χ4v) is 3.21. The maximum Gasteiger partial charge on any atom is 0.191 e. The highest BCUT2D eigenvalue weighted by molar-refractivity contribution is 14.0. The molecule has 1 saturated carbocycles. The summed E-state index contributed by atoms with van der Waals surface area (Å²) in [7, 11) is 1.86. The molecule has 0 amide bonds. The number of rotatable bonds is 6. The number of guanidine groups is 1. The highest BCUT2D eigenvalue weighted by Gasteiger charge is 2.19. The van der Waals surface area contributed by atoms with E-state index in [0.717, 1.165) is 43.6 Å². The second kappa shape index (κ2) is 10.9. The van der Waals surface area contributed by atoms with Crippen molar-refractivity contribution in [1.29, 1.82) is 0 Å². The molecule has 2 rings (SSSR count). The smallest absolute Gasteiger partial charge is 0.191 e. The molecule has 2 unspecified atom stereocenters. The molecule has 1 aromatic heterocycles. The molecule has 0 aromatic carbocycles. The number of hydrogen-bond acceptors (Lipinski definition) is 2. The Balaban J connectivity index is 0.00000264. The predicted molar refractivity (Wildman–Crippen MR) is 108 cm³/mol. The molecule has 1 heterocycles. The Morgan fingerprint density at radius 2 is 2.22 bits per heavy atom. The summed E-state index contributed by atoms with van der Waals surface area (Å²) in [6.07, 6.45) is 11.4. The normalized spacial score (nSPS) is 21.6. The number of nitrogens with one attached hydrogen (secondary N) is 2. The second-order valence-corrected chi connectivity index (χ2v) is 6.49. The molecule has 1 fully saturated rings. The van der Waals surface area contributed by atoms with E-state index in [4.69, 9.17) is 0 Å². The monoisotopic (exact) mass is 433 g/mol. The van der Waals surface area contributed by atoms with Crippen molar-refractivity contribution in [3.8, 4) is 0 Å². The van der Waals surface area contributed by atoms with Crippen molar-refractivity contribution < 1.29 is 0 Å². The second-order valence-electron chi connectivity index (χ2n) is 6.49. The van der Waals surface area contributed by atoms with Crippen molar-refractivity contribution in [3.05, 3.63) is 18.2 Å². The molecule has 0 radical (unpaired) electrons. The Labute approximate surface area is 157 Å². The lowest BCUT2D eigenvalue weighted by Crippen LogP contribution is -2.45. The molecular formula is C17H32IN5. The highest BCUT2D eigenvalue weighted by atomic mass is 127. The maximum absolute atomic E-state index is 4.35. The first-order valence-electron chi connectivity index (χ1n) is 8.64. The molecule has 0 spiro atoms. The van der Waals surface area contributed by atoms with Crippen LogP contribution in [-0.4, -0.2) is 35.1 Å². The predicted octanol–water partition coefficient (Wildman–Crippen LogP) is 3.33. The summed E-state index contributed by atoms with van der Waals surface area (Å²) in [6, 6.07) is 0.587. The Morgan fingerprint density at radius 1 is 1.39 bits per heavy atom. The van der Waals surface area contributed by atoms with Gasteiger partial charge in [0.15, 0.2) is 5.96 Å². The quantitative estimate of drug-likeness (QED) is 0.313. The number of aromatic nitrogens is 2. The third kappa shape index (κ3) is 7.10. The van der Waals surface area contributed by atoms with Crippen LogP contribution in [0.15, 0.2) is 17.4 Å². The first kappa shape index (κ1) is 20.3. The van der Waals surface area contributed by atoms with Crippen LogP contribution in [0.2, 0.25) is 0 Å². The molecule has 1 aliphatic carbocycles. The minimum Gasteiger partial charge on any atom is -0.356 e. The molecule has 0 bridgehead atoms. The van der Waals surface area contributed by atoms with Crippen molar-refractivity contribution in [2.45, 2.75) is 65.0 Å². The van der Waals surface area contributed by atoms with E-state index in [0.29, 0.717) is 6.04 Å². The fraction of sp³-hybridized carbons (Fsp3) is 0.765. The van der Waals surface area contributed by atoms with Gasteiger partial charge in [0.1, 0.15) is 5.82 Å². The fourth-order valence-electron chi connectivity index (χ4n) is 3.21. The van der Waals surface area contributed by atoms with Gasteiger partial charge in [-0.3, -0.25) is 4.99 Å². The molecule has 23 heavy (non-hydrogen) atoms. The van der Waals surface area contributed by atoms with Crippen LogP contribution < -0.4 is 10.6 Å². The largest absolute Gasteiger partial charge is 0.356 e. The molecule has 0 aliphatic heterocycles. The van der Waals surface area contributed by atoms with E-state index in [-0.39, 0.29) is 24.0 Å². The third-order valence-electron chi connectivity index (χ3n) is 4.54. The summed E-state index contributed by atoms with van der Waals surface area (Å²) in [4.78, 5) is 8.59. The molecule has 1 aliphatic rings. The van der Waals surface area contributed by atoms with Gasteiger partial charge < -0.3 is 15.2 Å². The van der Waals surface area contributed by atoms with Gasteiger partial charge in [-0.2, -0.15) is 0 Å². The van der Waals surface area contributed by atoms with Crippen LogP contribution in [0.1, 0.15) is 51.3 Å². The Morgan fingerprint density at radius 3 is 2.87 bits per heavy atom. The van der Waals surface area contributed by atoms with Crippen molar-refractivity contribution in [2.24, 2.45) is 10.9 Å². The standard InChI is InChI=1S/C17H31N5.HI/c1-14-7-6-8-16(13-14)21-17(18-3)20-9-4-5-11-22-12-10-19-15(22)2;/h10,12,14,16H,4-9,11,13H2,1-3H3,(H2,18,20,21);1H. The average molecular weight is 433 g/mol. The van der Waals surface area contributed by atoms with Crippen LogP contribution in [-0.2, 0) is 6.54 Å². The number of aryl methyl sites for hydroxylation is 2. The molecule has 2 atom stereocenters. The number of hydrogen-bond donors (Lipinski definition) is 2. The van der Waals surface area contributed by atoms with Gasteiger partial charge in [0.25, 0.3) is 0 Å². The van der Waals surface area contributed by atoms with Crippen LogP contribution in [0, 0.1) is 12.8 Å². The van der Waals surface area contributed by atoms with E-state index in [9.17, 15) is 0 Å². The summed E-state index contributed by atoms with van der Waals surface area (Å²) in [5.41, 5.74) is 0. The maximum atomic E-state index is 4.35. The topological polar surface area (TPSA) is 54.2 Å². The summed E-state index contributed by atoms with van der Waals surface area (Å²) in [5, 5.41) is 7.01. The molecular weight excluding hydrogens is 401 g/mol. The van der Waals surface area contributed by atoms with Gasteiger partial charge in [-0.1, -0.05) is 19.8 Å². The zero-order valence-corrected chi connectivity index (χ0v) is 17.0. The molecule has 2 N–H and O–H groups in total. The van der Waals surface area contributed by atoms with Gasteiger partial charge in [-0.25, -0.2) is 4.98 Å². The summed E-state index contributed by atoms with van der Waals surface area (Å²) in [6.45, 7) is 6.41. The van der Waals surface area contributed by atoms with Gasteiger partial charge in [0.05, 0.1) is 0 Å². The third-order valence-corrected chi connectivity index (χ3v) is 4.54. The van der Waals surface area contributed by atoms with E-state index >= 15 is 0 Å². The van der Waals surface area contributed by atoms with E-state index < -0.39 is 0 Å². The van der Waals surface area contributed by atoms with Gasteiger partial charge in [0.2, 0.25) is 0 Å². The van der Waals surface area contributed by atoms with Crippen LogP contribution >= 0.6 is 24.0 Å². The van der Waals surface area contributed by atoms with Gasteiger partial charge in [0, 0.05) is 38.6 Å². The van der Waals surface area contributed by atoms with Crippen LogP contribution in [0.4, 0.5) is 0 Å². The zero-order valence-electron chi connectivity index (χ0n) is 14.7. The Hall–Kier alpha value is -0.790. The average Bonchev–Trinajstić information content (AvgIpc) is 2.91. The lowest BCUT2D eigenvalue weighted by Gasteiger charge is -2.28. The molecule has 0 saturated heterocycles. The Kier molecular flexibility index (Phi) is 9.59. The van der Waals surface area contributed by atoms with Crippen molar-refractivity contribution in [3.63, 3.8) is 0 Å². The van der Waals surface area contributed by atoms with Crippen molar-refractivity contribution >= 4 is 29.9 Å². The lowest BCUT2D eigenvalue weighted by molar-refractivity contribution is 0.324.